The average molecular weight is 323 g/mol. The molecule has 0 bridgehead atoms. The van der Waals surface area contributed by atoms with Crippen LogP contribution in [-0.2, 0) is 7.05 Å². The summed E-state index contributed by atoms with van der Waals surface area (Å²) in [6.45, 7) is 3.93. The lowest BCUT2D eigenvalue weighted by molar-refractivity contribution is 0.479. The highest BCUT2D eigenvalue weighted by Crippen LogP contribution is 2.28. The molecule has 4 heterocycles. The van der Waals surface area contributed by atoms with Gasteiger partial charge in [0.1, 0.15) is 0 Å². The second-order valence-corrected chi connectivity index (χ2v) is 6.32. The second-order valence-electron chi connectivity index (χ2n) is 6.32. The molecule has 24 heavy (non-hydrogen) atoms. The Bertz CT molecular complexity index is 818. The number of anilines is 1. The van der Waals surface area contributed by atoms with Gasteiger partial charge in [-0.2, -0.15) is 10.2 Å². The Balaban J connectivity index is 1.52. The van der Waals surface area contributed by atoms with Crippen LogP contribution in [0.25, 0.3) is 5.82 Å². The average Bonchev–Trinajstić information content (AvgIpc) is 3.24. The fraction of sp³-hybridized carbons (Fsp3) is 0.412. The number of piperidine rings is 1. The van der Waals surface area contributed by atoms with Crippen LogP contribution in [0, 0.1) is 6.92 Å². The molecule has 7 heteroatoms. The first-order valence-corrected chi connectivity index (χ1v) is 8.30. The molecule has 1 atom stereocenters. The summed E-state index contributed by atoms with van der Waals surface area (Å²) in [6, 6.07) is 8.08. The number of rotatable bonds is 3. The number of aromatic nitrogens is 6. The predicted octanol–water partition coefficient (Wildman–Crippen LogP) is 2.09. The highest BCUT2D eigenvalue weighted by Gasteiger charge is 2.24. The molecular weight excluding hydrogens is 302 g/mol. The van der Waals surface area contributed by atoms with Gasteiger partial charge in [0, 0.05) is 44.1 Å². The summed E-state index contributed by atoms with van der Waals surface area (Å²) in [5.41, 5.74) is 2.26. The van der Waals surface area contributed by atoms with Crippen LogP contribution in [0.3, 0.4) is 0 Å². The first kappa shape index (κ1) is 14.9. The van der Waals surface area contributed by atoms with Crippen molar-refractivity contribution >= 4 is 5.82 Å². The van der Waals surface area contributed by atoms with Gasteiger partial charge in [-0.1, -0.05) is 0 Å². The number of hydrogen-bond acceptors (Lipinski definition) is 5. The summed E-state index contributed by atoms with van der Waals surface area (Å²) in [5.74, 6) is 2.16. The summed E-state index contributed by atoms with van der Waals surface area (Å²) < 4.78 is 3.73. The molecule has 0 N–H and O–H groups in total. The Labute approximate surface area is 140 Å². The molecule has 1 aliphatic rings. The lowest BCUT2D eigenvalue weighted by Crippen LogP contribution is -2.35. The van der Waals surface area contributed by atoms with Crippen LogP contribution in [0.4, 0.5) is 5.82 Å². The van der Waals surface area contributed by atoms with Crippen molar-refractivity contribution in [2.24, 2.45) is 7.05 Å². The Kier molecular flexibility index (Phi) is 3.76. The summed E-state index contributed by atoms with van der Waals surface area (Å²) in [6.07, 6.45) is 6.11. The maximum absolute atomic E-state index is 4.42. The maximum atomic E-state index is 4.42. The van der Waals surface area contributed by atoms with E-state index in [-0.39, 0.29) is 0 Å². The van der Waals surface area contributed by atoms with Gasteiger partial charge in [0.15, 0.2) is 11.6 Å². The zero-order valence-corrected chi connectivity index (χ0v) is 14.0. The van der Waals surface area contributed by atoms with E-state index in [9.17, 15) is 0 Å². The molecule has 0 aromatic carbocycles. The third-order valence-corrected chi connectivity index (χ3v) is 4.62. The van der Waals surface area contributed by atoms with Crippen LogP contribution in [0.2, 0.25) is 0 Å². The van der Waals surface area contributed by atoms with Gasteiger partial charge in [0.05, 0.1) is 5.69 Å². The molecule has 124 valence electrons. The smallest absolute Gasteiger partial charge is 0.175 e. The van der Waals surface area contributed by atoms with E-state index in [1.165, 1.54) is 12.1 Å². The quantitative estimate of drug-likeness (QED) is 0.738. The first-order valence-electron chi connectivity index (χ1n) is 8.30. The fourth-order valence-electron chi connectivity index (χ4n) is 3.36. The zero-order valence-electron chi connectivity index (χ0n) is 14.0. The fourth-order valence-corrected chi connectivity index (χ4v) is 3.36. The first-order chi connectivity index (χ1) is 11.7. The van der Waals surface area contributed by atoms with Gasteiger partial charge >= 0.3 is 0 Å². The lowest BCUT2D eigenvalue weighted by Gasteiger charge is -2.33. The van der Waals surface area contributed by atoms with Crippen LogP contribution in [-0.4, -0.2) is 42.8 Å². The topological polar surface area (TPSA) is 64.7 Å². The van der Waals surface area contributed by atoms with Crippen LogP contribution in [0.5, 0.6) is 0 Å². The predicted molar refractivity (Wildman–Crippen MR) is 91.3 cm³/mol. The van der Waals surface area contributed by atoms with E-state index in [1.54, 1.807) is 4.68 Å². The molecule has 4 rings (SSSR count). The Morgan fingerprint density at radius 3 is 2.58 bits per heavy atom. The van der Waals surface area contributed by atoms with Gasteiger partial charge in [-0.05, 0) is 44.0 Å². The molecule has 1 fully saturated rings. The minimum absolute atomic E-state index is 0.487. The minimum atomic E-state index is 0.487. The van der Waals surface area contributed by atoms with E-state index in [1.807, 2.05) is 49.2 Å². The molecule has 0 radical (unpaired) electrons. The Morgan fingerprint density at radius 2 is 1.92 bits per heavy atom. The molecule has 0 amide bonds. The summed E-state index contributed by atoms with van der Waals surface area (Å²) >= 11 is 0. The second kappa shape index (κ2) is 6.07. The number of hydrogen-bond donors (Lipinski definition) is 0. The SMILES string of the molecule is Cc1ccn(-c2ccc(N3CCCC(c4ccnn4C)C3)nn2)n1. The van der Waals surface area contributed by atoms with Crippen molar-refractivity contribution in [2.75, 3.05) is 18.0 Å². The number of nitrogens with zero attached hydrogens (tertiary/aromatic N) is 7. The van der Waals surface area contributed by atoms with E-state index >= 15 is 0 Å². The Hall–Kier alpha value is -2.70. The molecule has 1 unspecified atom stereocenters. The summed E-state index contributed by atoms with van der Waals surface area (Å²) in [4.78, 5) is 2.31. The van der Waals surface area contributed by atoms with E-state index in [2.05, 4.69) is 31.4 Å². The highest BCUT2D eigenvalue weighted by molar-refractivity contribution is 5.41. The van der Waals surface area contributed by atoms with E-state index < -0.39 is 0 Å². The largest absolute Gasteiger partial charge is 0.354 e. The van der Waals surface area contributed by atoms with Crippen molar-refractivity contribution in [3.8, 4) is 5.82 Å². The molecule has 7 nitrogen and oxygen atoms in total. The van der Waals surface area contributed by atoms with Crippen molar-refractivity contribution in [3.05, 3.63) is 48.0 Å². The van der Waals surface area contributed by atoms with Crippen molar-refractivity contribution in [1.82, 2.24) is 29.8 Å². The number of aryl methyl sites for hydroxylation is 2. The lowest BCUT2D eigenvalue weighted by atomic mass is 9.95. The molecule has 0 aliphatic carbocycles. The van der Waals surface area contributed by atoms with Gasteiger partial charge in [0.25, 0.3) is 0 Å². The van der Waals surface area contributed by atoms with E-state index in [0.717, 1.165) is 36.8 Å². The highest BCUT2D eigenvalue weighted by atomic mass is 15.4. The third kappa shape index (κ3) is 2.77. The standard InChI is InChI=1S/C17H21N7/c1-13-8-11-24(21-13)17-6-5-16(19-20-17)23-10-3-4-14(12-23)15-7-9-18-22(15)2/h5-9,11,14H,3-4,10,12H2,1-2H3. The normalized spacial score (nSPS) is 18.1. The van der Waals surface area contributed by atoms with Gasteiger partial charge in [0.2, 0.25) is 0 Å². The van der Waals surface area contributed by atoms with Crippen molar-refractivity contribution < 1.29 is 0 Å². The molecule has 0 saturated carbocycles. The molecule has 1 saturated heterocycles. The van der Waals surface area contributed by atoms with Crippen LogP contribution in [0.15, 0.2) is 36.7 Å². The van der Waals surface area contributed by atoms with Gasteiger partial charge in [-0.25, -0.2) is 4.68 Å². The molecular formula is C17H21N7. The monoisotopic (exact) mass is 323 g/mol. The van der Waals surface area contributed by atoms with Crippen LogP contribution in [0.1, 0.15) is 30.1 Å². The van der Waals surface area contributed by atoms with Crippen molar-refractivity contribution in [1.29, 1.82) is 0 Å². The van der Waals surface area contributed by atoms with Gasteiger partial charge in [-0.15, -0.1) is 10.2 Å². The van der Waals surface area contributed by atoms with Crippen molar-refractivity contribution in [2.45, 2.75) is 25.7 Å². The van der Waals surface area contributed by atoms with E-state index in [4.69, 9.17) is 0 Å². The zero-order chi connectivity index (χ0) is 16.5. The van der Waals surface area contributed by atoms with Gasteiger partial charge in [-0.3, -0.25) is 4.68 Å². The van der Waals surface area contributed by atoms with Crippen LogP contribution < -0.4 is 4.90 Å². The summed E-state index contributed by atoms with van der Waals surface area (Å²) in [7, 11) is 2.01. The summed E-state index contributed by atoms with van der Waals surface area (Å²) in [5, 5.41) is 17.4. The maximum Gasteiger partial charge on any atom is 0.175 e. The molecule has 3 aromatic rings. The molecule has 3 aromatic heterocycles. The van der Waals surface area contributed by atoms with E-state index in [0.29, 0.717) is 5.92 Å². The Morgan fingerprint density at radius 1 is 1.08 bits per heavy atom. The van der Waals surface area contributed by atoms with Crippen molar-refractivity contribution in [3.63, 3.8) is 0 Å². The van der Waals surface area contributed by atoms with Gasteiger partial charge < -0.3 is 4.90 Å². The van der Waals surface area contributed by atoms with Crippen LogP contribution >= 0.6 is 0 Å². The third-order valence-electron chi connectivity index (χ3n) is 4.62. The minimum Gasteiger partial charge on any atom is -0.354 e. The molecule has 0 spiro atoms. The molecule has 1 aliphatic heterocycles.